The van der Waals surface area contributed by atoms with Gasteiger partial charge >= 0.3 is 12.3 Å². The molecule has 0 bridgehead atoms. The van der Waals surface area contributed by atoms with E-state index in [4.69, 9.17) is 10.5 Å². The largest absolute Gasteiger partial charge is 0.444 e. The Morgan fingerprint density at radius 1 is 1.22 bits per heavy atom. The van der Waals surface area contributed by atoms with Crippen molar-refractivity contribution in [3.05, 3.63) is 0 Å². The Bertz CT molecular complexity index is 315. The first-order valence-corrected chi connectivity index (χ1v) is 5.78. The minimum Gasteiger partial charge on any atom is -0.444 e. The average Bonchev–Trinajstić information content (AvgIpc) is 2.14. The molecule has 1 heterocycles. The number of hydrogen-bond donors (Lipinski definition) is 1. The van der Waals surface area contributed by atoms with Gasteiger partial charge in [-0.3, -0.25) is 0 Å². The molecule has 1 saturated heterocycles. The fourth-order valence-corrected chi connectivity index (χ4v) is 1.70. The smallest absolute Gasteiger partial charge is 0.410 e. The number of carbonyl (C=O) groups is 1. The molecule has 1 aliphatic rings. The van der Waals surface area contributed by atoms with Gasteiger partial charge in [-0.05, 0) is 33.6 Å². The Morgan fingerprint density at radius 2 is 1.67 bits per heavy atom. The van der Waals surface area contributed by atoms with Crippen LogP contribution in [0, 0.1) is 0 Å². The number of amides is 1. The highest BCUT2D eigenvalue weighted by Crippen LogP contribution is 2.36. The van der Waals surface area contributed by atoms with E-state index in [-0.39, 0.29) is 25.9 Å². The molecule has 0 atom stereocenters. The van der Waals surface area contributed by atoms with Crippen LogP contribution in [0.15, 0.2) is 0 Å². The molecule has 0 aliphatic carbocycles. The summed E-state index contributed by atoms with van der Waals surface area (Å²) < 4.78 is 43.1. The summed E-state index contributed by atoms with van der Waals surface area (Å²) in [6, 6.07) is 0. The number of alkyl halides is 3. The molecular formula is C11H19F3N2O2. The number of ether oxygens (including phenoxy) is 1. The van der Waals surface area contributed by atoms with E-state index in [1.54, 1.807) is 20.8 Å². The summed E-state index contributed by atoms with van der Waals surface area (Å²) >= 11 is 0. The van der Waals surface area contributed by atoms with E-state index in [1.807, 2.05) is 0 Å². The Hall–Kier alpha value is -0.980. The molecule has 0 spiro atoms. The van der Waals surface area contributed by atoms with E-state index in [0.29, 0.717) is 0 Å². The number of hydrogen-bond acceptors (Lipinski definition) is 3. The summed E-state index contributed by atoms with van der Waals surface area (Å²) in [6.07, 6.45) is -5.62. The zero-order chi connectivity index (χ0) is 14.2. The van der Waals surface area contributed by atoms with Crippen molar-refractivity contribution in [3.63, 3.8) is 0 Å². The maximum absolute atomic E-state index is 12.7. The lowest BCUT2D eigenvalue weighted by atomic mass is 9.88. The number of halogens is 3. The van der Waals surface area contributed by atoms with Crippen LogP contribution in [-0.2, 0) is 4.74 Å². The minimum atomic E-state index is -4.44. The zero-order valence-electron chi connectivity index (χ0n) is 10.8. The molecule has 18 heavy (non-hydrogen) atoms. The van der Waals surface area contributed by atoms with Gasteiger partial charge in [0.1, 0.15) is 11.1 Å². The van der Waals surface area contributed by atoms with Gasteiger partial charge in [-0.2, -0.15) is 13.2 Å². The maximum atomic E-state index is 12.7. The van der Waals surface area contributed by atoms with E-state index in [9.17, 15) is 18.0 Å². The van der Waals surface area contributed by atoms with E-state index in [2.05, 4.69) is 0 Å². The topological polar surface area (TPSA) is 55.6 Å². The number of likely N-dealkylation sites (tertiary alicyclic amines) is 1. The highest BCUT2D eigenvalue weighted by molar-refractivity contribution is 5.68. The third-order valence-electron chi connectivity index (χ3n) is 2.87. The van der Waals surface area contributed by atoms with Crippen LogP contribution in [0.1, 0.15) is 33.6 Å². The Morgan fingerprint density at radius 3 is 2.00 bits per heavy atom. The molecule has 1 rings (SSSR count). The van der Waals surface area contributed by atoms with Crippen LogP contribution in [0.5, 0.6) is 0 Å². The van der Waals surface area contributed by atoms with Crippen LogP contribution >= 0.6 is 0 Å². The normalized spacial score (nSPS) is 20.7. The fourth-order valence-electron chi connectivity index (χ4n) is 1.70. The fraction of sp³-hybridized carbons (Fsp3) is 0.909. The molecule has 1 aliphatic heterocycles. The second-order valence-electron chi connectivity index (χ2n) is 5.62. The Kier molecular flexibility index (Phi) is 3.86. The minimum absolute atomic E-state index is 0.0368. The van der Waals surface area contributed by atoms with Gasteiger partial charge in [0.15, 0.2) is 0 Å². The van der Waals surface area contributed by atoms with Gasteiger partial charge < -0.3 is 15.4 Å². The van der Waals surface area contributed by atoms with Crippen molar-refractivity contribution >= 4 is 6.09 Å². The van der Waals surface area contributed by atoms with Crippen molar-refractivity contribution in [2.45, 2.75) is 50.9 Å². The van der Waals surface area contributed by atoms with Crippen molar-refractivity contribution in [2.75, 3.05) is 13.1 Å². The molecule has 1 fully saturated rings. The maximum Gasteiger partial charge on any atom is 0.410 e. The molecule has 2 N–H and O–H groups in total. The lowest BCUT2D eigenvalue weighted by molar-refractivity contribution is -0.196. The molecule has 0 aromatic rings. The Labute approximate surface area is 104 Å². The summed E-state index contributed by atoms with van der Waals surface area (Å²) in [6.45, 7) is 5.04. The third kappa shape index (κ3) is 3.51. The van der Waals surface area contributed by atoms with Crippen molar-refractivity contribution in [2.24, 2.45) is 5.73 Å². The lowest BCUT2D eigenvalue weighted by Gasteiger charge is -2.40. The molecule has 0 aromatic carbocycles. The van der Waals surface area contributed by atoms with E-state index in [1.165, 1.54) is 4.90 Å². The number of carbonyl (C=O) groups excluding carboxylic acids is 1. The van der Waals surface area contributed by atoms with E-state index < -0.39 is 23.4 Å². The molecular weight excluding hydrogens is 249 g/mol. The molecule has 0 unspecified atom stereocenters. The SMILES string of the molecule is CC(C)(C)OC(=O)N1CCC(N)(C(F)(F)F)CC1. The number of nitrogens with zero attached hydrogens (tertiary/aromatic N) is 1. The molecule has 106 valence electrons. The standard InChI is InChI=1S/C11H19F3N2O2/c1-9(2,3)18-8(17)16-6-4-10(15,5-7-16)11(12,13)14/h4-7,15H2,1-3H3. The molecule has 4 nitrogen and oxygen atoms in total. The van der Waals surface area contributed by atoms with Crippen molar-refractivity contribution in [3.8, 4) is 0 Å². The third-order valence-corrected chi connectivity index (χ3v) is 2.87. The second kappa shape index (κ2) is 4.60. The quantitative estimate of drug-likeness (QED) is 0.733. The second-order valence-corrected chi connectivity index (χ2v) is 5.62. The van der Waals surface area contributed by atoms with Gasteiger partial charge in [0.05, 0.1) is 0 Å². The van der Waals surface area contributed by atoms with Gasteiger partial charge in [-0.15, -0.1) is 0 Å². The van der Waals surface area contributed by atoms with E-state index >= 15 is 0 Å². The van der Waals surface area contributed by atoms with Crippen LogP contribution in [-0.4, -0.2) is 41.4 Å². The summed E-state index contributed by atoms with van der Waals surface area (Å²) in [7, 11) is 0. The Balaban J connectivity index is 2.57. The van der Waals surface area contributed by atoms with Gasteiger partial charge in [0.2, 0.25) is 0 Å². The van der Waals surface area contributed by atoms with Crippen LogP contribution in [0.3, 0.4) is 0 Å². The van der Waals surface area contributed by atoms with Crippen molar-refractivity contribution in [1.29, 1.82) is 0 Å². The van der Waals surface area contributed by atoms with Gasteiger partial charge in [0.25, 0.3) is 0 Å². The highest BCUT2D eigenvalue weighted by Gasteiger charge is 2.53. The summed E-state index contributed by atoms with van der Waals surface area (Å²) in [5.41, 5.74) is 2.48. The number of rotatable bonds is 0. The average molecular weight is 268 g/mol. The number of nitrogens with two attached hydrogens (primary N) is 1. The molecule has 7 heteroatoms. The zero-order valence-corrected chi connectivity index (χ0v) is 10.8. The van der Waals surface area contributed by atoms with Crippen LogP contribution in [0.25, 0.3) is 0 Å². The van der Waals surface area contributed by atoms with Gasteiger partial charge in [-0.25, -0.2) is 4.79 Å². The summed E-state index contributed by atoms with van der Waals surface area (Å²) in [5, 5.41) is 0. The highest BCUT2D eigenvalue weighted by atomic mass is 19.4. The van der Waals surface area contributed by atoms with E-state index in [0.717, 1.165) is 0 Å². The summed E-state index contributed by atoms with van der Waals surface area (Å²) in [4.78, 5) is 12.9. The summed E-state index contributed by atoms with van der Waals surface area (Å²) in [5.74, 6) is 0. The predicted molar refractivity (Wildman–Crippen MR) is 60.0 cm³/mol. The first kappa shape index (κ1) is 15.1. The van der Waals surface area contributed by atoms with Crippen molar-refractivity contribution in [1.82, 2.24) is 4.90 Å². The van der Waals surface area contributed by atoms with Crippen molar-refractivity contribution < 1.29 is 22.7 Å². The van der Waals surface area contributed by atoms with Crippen LogP contribution in [0.2, 0.25) is 0 Å². The molecule has 0 saturated carbocycles. The molecule has 0 aromatic heterocycles. The van der Waals surface area contributed by atoms with Crippen LogP contribution in [0.4, 0.5) is 18.0 Å². The predicted octanol–water partition coefficient (Wildman–Crippen LogP) is 2.28. The monoisotopic (exact) mass is 268 g/mol. The van der Waals surface area contributed by atoms with Crippen LogP contribution < -0.4 is 5.73 Å². The lowest BCUT2D eigenvalue weighted by Crippen LogP contribution is -2.60. The van der Waals surface area contributed by atoms with Gasteiger partial charge in [-0.1, -0.05) is 0 Å². The van der Waals surface area contributed by atoms with Gasteiger partial charge in [0, 0.05) is 13.1 Å². The molecule has 0 radical (unpaired) electrons. The first-order chi connectivity index (χ1) is 7.95. The molecule has 1 amide bonds. The number of piperidine rings is 1. The first-order valence-electron chi connectivity index (χ1n) is 5.78.